The molecule has 6 heteroatoms. The highest BCUT2D eigenvalue weighted by atomic mass is 19.4. The van der Waals surface area contributed by atoms with Gasteiger partial charge in [-0.25, -0.2) is 0 Å². The highest BCUT2D eigenvalue weighted by molar-refractivity contribution is 5.89. The first-order valence-electron chi connectivity index (χ1n) is 4.50. The van der Waals surface area contributed by atoms with Gasteiger partial charge in [0.05, 0.1) is 6.04 Å². The number of nitrogens with one attached hydrogen (secondary N) is 1. The molecule has 0 aromatic heterocycles. The van der Waals surface area contributed by atoms with Crippen LogP contribution in [0.4, 0.5) is 13.2 Å². The zero-order valence-electron chi connectivity index (χ0n) is 7.60. The molecule has 1 heterocycles. The second-order valence-corrected chi connectivity index (χ2v) is 3.48. The molecule has 3 N–H and O–H groups in total. The van der Waals surface area contributed by atoms with Crippen LogP contribution in [-0.4, -0.2) is 31.1 Å². The Bertz CT molecular complexity index is 211. The van der Waals surface area contributed by atoms with Crippen molar-refractivity contribution in [1.82, 2.24) is 5.32 Å². The number of ketones is 1. The Morgan fingerprint density at radius 3 is 2.29 bits per heavy atom. The van der Waals surface area contributed by atoms with E-state index in [1.54, 1.807) is 0 Å². The van der Waals surface area contributed by atoms with E-state index in [0.717, 1.165) is 0 Å². The molecule has 1 unspecified atom stereocenters. The number of alkyl halides is 3. The fourth-order valence-electron chi connectivity index (χ4n) is 1.61. The van der Waals surface area contributed by atoms with E-state index in [-0.39, 0.29) is 5.92 Å². The minimum atomic E-state index is -4.80. The predicted octanol–water partition coefficient (Wildman–Crippen LogP) is 0.445. The predicted molar refractivity (Wildman–Crippen MR) is 44.6 cm³/mol. The standard InChI is InChI=1S/C8H13F3N2O/c9-8(10,11)7(14)6(12)5-1-3-13-4-2-5/h5-6,13H,1-4,12H2. The lowest BCUT2D eigenvalue weighted by Gasteiger charge is -2.27. The Morgan fingerprint density at radius 1 is 1.36 bits per heavy atom. The summed E-state index contributed by atoms with van der Waals surface area (Å²) in [5.74, 6) is -2.14. The largest absolute Gasteiger partial charge is 0.451 e. The van der Waals surface area contributed by atoms with Gasteiger partial charge in [-0.1, -0.05) is 0 Å². The third kappa shape index (κ3) is 2.68. The van der Waals surface area contributed by atoms with Gasteiger partial charge < -0.3 is 11.1 Å². The number of carbonyl (C=O) groups excluding carboxylic acids is 1. The molecular weight excluding hydrogens is 197 g/mol. The number of hydrogen-bond donors (Lipinski definition) is 2. The van der Waals surface area contributed by atoms with E-state index in [4.69, 9.17) is 5.73 Å². The number of Topliss-reactive ketones (excluding diaryl/α,β-unsaturated/α-hetero) is 1. The molecule has 1 saturated heterocycles. The SMILES string of the molecule is NC(C(=O)C(F)(F)F)C1CCNCC1. The van der Waals surface area contributed by atoms with E-state index in [9.17, 15) is 18.0 Å². The maximum atomic E-state index is 12.0. The van der Waals surface area contributed by atoms with Crippen LogP contribution >= 0.6 is 0 Å². The second-order valence-electron chi connectivity index (χ2n) is 3.48. The smallest absolute Gasteiger partial charge is 0.321 e. The van der Waals surface area contributed by atoms with E-state index in [0.29, 0.717) is 25.9 Å². The van der Waals surface area contributed by atoms with Gasteiger partial charge in [-0.05, 0) is 31.8 Å². The minimum absolute atomic E-state index is 0.342. The summed E-state index contributed by atoms with van der Waals surface area (Å²) < 4.78 is 36.0. The Balaban J connectivity index is 2.55. The zero-order valence-corrected chi connectivity index (χ0v) is 7.60. The van der Waals surface area contributed by atoms with E-state index < -0.39 is 18.0 Å². The summed E-state index contributed by atoms with van der Waals surface area (Å²) in [5, 5.41) is 3.00. The number of carbonyl (C=O) groups is 1. The highest BCUT2D eigenvalue weighted by Crippen LogP contribution is 2.23. The Morgan fingerprint density at radius 2 is 1.86 bits per heavy atom. The van der Waals surface area contributed by atoms with Crippen LogP contribution in [0.5, 0.6) is 0 Å². The van der Waals surface area contributed by atoms with Crippen LogP contribution in [0.2, 0.25) is 0 Å². The van der Waals surface area contributed by atoms with Gasteiger partial charge >= 0.3 is 6.18 Å². The van der Waals surface area contributed by atoms with Crippen LogP contribution in [-0.2, 0) is 4.79 Å². The van der Waals surface area contributed by atoms with Crippen molar-refractivity contribution in [1.29, 1.82) is 0 Å². The first kappa shape index (κ1) is 11.5. The molecule has 14 heavy (non-hydrogen) atoms. The molecule has 1 rings (SSSR count). The van der Waals surface area contributed by atoms with Gasteiger partial charge in [0, 0.05) is 0 Å². The lowest BCUT2D eigenvalue weighted by atomic mass is 9.88. The summed E-state index contributed by atoms with van der Waals surface area (Å²) in [4.78, 5) is 10.8. The van der Waals surface area contributed by atoms with Crippen molar-refractivity contribution in [3.63, 3.8) is 0 Å². The molecule has 0 aromatic carbocycles. The lowest BCUT2D eigenvalue weighted by Crippen LogP contribution is -2.48. The topological polar surface area (TPSA) is 55.1 Å². The molecule has 1 aliphatic rings. The molecule has 0 amide bonds. The average molecular weight is 210 g/mol. The minimum Gasteiger partial charge on any atom is -0.321 e. The van der Waals surface area contributed by atoms with E-state index in [2.05, 4.69) is 5.32 Å². The summed E-state index contributed by atoms with van der Waals surface area (Å²) in [6, 6.07) is -1.39. The number of nitrogens with two attached hydrogens (primary N) is 1. The number of rotatable bonds is 2. The molecule has 0 bridgehead atoms. The summed E-state index contributed by atoms with van der Waals surface area (Å²) >= 11 is 0. The zero-order chi connectivity index (χ0) is 10.8. The fraction of sp³-hybridized carbons (Fsp3) is 0.875. The molecule has 0 radical (unpaired) electrons. The summed E-state index contributed by atoms with van der Waals surface area (Å²) in [6.45, 7) is 1.26. The molecule has 1 aliphatic heterocycles. The molecule has 1 fully saturated rings. The first-order chi connectivity index (χ1) is 6.43. The van der Waals surface area contributed by atoms with Crippen molar-refractivity contribution < 1.29 is 18.0 Å². The number of hydrogen-bond acceptors (Lipinski definition) is 3. The molecule has 3 nitrogen and oxygen atoms in total. The second kappa shape index (κ2) is 4.27. The van der Waals surface area contributed by atoms with Crippen LogP contribution in [0, 0.1) is 5.92 Å². The molecule has 82 valence electrons. The van der Waals surface area contributed by atoms with E-state index in [1.807, 2.05) is 0 Å². The van der Waals surface area contributed by atoms with Crippen molar-refractivity contribution in [2.75, 3.05) is 13.1 Å². The Hall–Kier alpha value is -0.620. The van der Waals surface area contributed by atoms with Crippen molar-refractivity contribution >= 4 is 5.78 Å². The van der Waals surface area contributed by atoms with Gasteiger partial charge in [-0.3, -0.25) is 4.79 Å². The van der Waals surface area contributed by atoms with Gasteiger partial charge in [0.15, 0.2) is 0 Å². The van der Waals surface area contributed by atoms with Crippen molar-refractivity contribution in [3.8, 4) is 0 Å². The van der Waals surface area contributed by atoms with E-state index >= 15 is 0 Å². The fourth-order valence-corrected chi connectivity index (χ4v) is 1.61. The first-order valence-corrected chi connectivity index (χ1v) is 4.50. The van der Waals surface area contributed by atoms with Crippen LogP contribution in [0.15, 0.2) is 0 Å². The van der Waals surface area contributed by atoms with Crippen LogP contribution in [0.3, 0.4) is 0 Å². The van der Waals surface area contributed by atoms with Gasteiger partial charge in [-0.15, -0.1) is 0 Å². The molecule has 0 spiro atoms. The van der Waals surface area contributed by atoms with Crippen molar-refractivity contribution in [2.45, 2.75) is 25.1 Å². The molecule has 0 saturated carbocycles. The Labute approximate surface area is 79.8 Å². The molecule has 0 aromatic rings. The van der Waals surface area contributed by atoms with Crippen LogP contribution in [0.25, 0.3) is 0 Å². The normalized spacial score (nSPS) is 22.0. The van der Waals surface area contributed by atoms with Gasteiger partial charge in [0.1, 0.15) is 0 Å². The molecule has 0 aliphatic carbocycles. The van der Waals surface area contributed by atoms with Crippen LogP contribution in [0.1, 0.15) is 12.8 Å². The average Bonchev–Trinajstić information content (AvgIpc) is 2.15. The van der Waals surface area contributed by atoms with Crippen molar-refractivity contribution in [3.05, 3.63) is 0 Å². The number of piperidine rings is 1. The van der Waals surface area contributed by atoms with Gasteiger partial charge in [0.25, 0.3) is 5.78 Å². The Kier molecular flexibility index (Phi) is 3.49. The highest BCUT2D eigenvalue weighted by Gasteiger charge is 2.44. The molecule has 1 atom stereocenters. The maximum absolute atomic E-state index is 12.0. The van der Waals surface area contributed by atoms with Gasteiger partial charge in [0.2, 0.25) is 0 Å². The lowest BCUT2D eigenvalue weighted by molar-refractivity contribution is -0.173. The third-order valence-electron chi connectivity index (χ3n) is 2.47. The van der Waals surface area contributed by atoms with Crippen LogP contribution < -0.4 is 11.1 Å². The van der Waals surface area contributed by atoms with Crippen molar-refractivity contribution in [2.24, 2.45) is 11.7 Å². The maximum Gasteiger partial charge on any atom is 0.451 e. The van der Waals surface area contributed by atoms with E-state index in [1.165, 1.54) is 0 Å². The third-order valence-corrected chi connectivity index (χ3v) is 2.47. The summed E-state index contributed by atoms with van der Waals surface area (Å²) in [7, 11) is 0. The molecular formula is C8H13F3N2O. The summed E-state index contributed by atoms with van der Waals surface area (Å²) in [5.41, 5.74) is 5.28. The summed E-state index contributed by atoms with van der Waals surface area (Å²) in [6.07, 6.45) is -3.74. The monoisotopic (exact) mass is 210 g/mol. The number of halogens is 3. The van der Waals surface area contributed by atoms with Gasteiger partial charge in [-0.2, -0.15) is 13.2 Å². The quantitative estimate of drug-likeness (QED) is 0.695.